The Labute approximate surface area is 159 Å². The number of ether oxygens (including phenoxy) is 1. The minimum atomic E-state index is -0.197. The number of carbonyl (C=O) groups is 3. The van der Waals surface area contributed by atoms with Gasteiger partial charge < -0.3 is 25.2 Å². The van der Waals surface area contributed by atoms with Gasteiger partial charge >= 0.3 is 0 Å². The van der Waals surface area contributed by atoms with E-state index >= 15 is 0 Å². The predicted molar refractivity (Wildman–Crippen MR) is 103 cm³/mol. The number of hydrogen-bond acceptors (Lipinski definition) is 5. The number of piperazine rings is 1. The molecule has 3 amide bonds. The van der Waals surface area contributed by atoms with Gasteiger partial charge in [0.15, 0.2) is 0 Å². The van der Waals surface area contributed by atoms with Gasteiger partial charge in [-0.15, -0.1) is 0 Å². The number of rotatable bonds is 8. The first-order valence-electron chi connectivity index (χ1n) is 9.15. The summed E-state index contributed by atoms with van der Waals surface area (Å²) >= 11 is 0. The molecule has 8 nitrogen and oxygen atoms in total. The van der Waals surface area contributed by atoms with Gasteiger partial charge in [-0.1, -0.05) is 6.07 Å². The van der Waals surface area contributed by atoms with Gasteiger partial charge in [0, 0.05) is 71.0 Å². The van der Waals surface area contributed by atoms with Crippen LogP contribution in [-0.4, -0.2) is 80.5 Å². The van der Waals surface area contributed by atoms with Crippen LogP contribution in [0.15, 0.2) is 24.3 Å². The molecule has 148 valence electrons. The molecule has 1 heterocycles. The lowest BCUT2D eigenvalue weighted by Gasteiger charge is -2.29. The molecule has 1 aliphatic heterocycles. The van der Waals surface area contributed by atoms with Gasteiger partial charge in [-0.05, 0) is 18.2 Å². The monoisotopic (exact) mass is 376 g/mol. The summed E-state index contributed by atoms with van der Waals surface area (Å²) in [6.45, 7) is 5.53. The second kappa shape index (κ2) is 10.6. The Morgan fingerprint density at radius 1 is 1.22 bits per heavy atom. The average Bonchev–Trinajstić information content (AvgIpc) is 2.67. The SMILES string of the molecule is COCCN(CCC(=O)N1CCNCC1)C(=O)c1cccc(NC(C)=O)c1. The molecule has 1 aliphatic rings. The highest BCUT2D eigenvalue weighted by molar-refractivity contribution is 5.97. The third-order valence-corrected chi connectivity index (χ3v) is 4.35. The molecule has 0 saturated carbocycles. The summed E-state index contributed by atoms with van der Waals surface area (Å²) in [6.07, 6.45) is 0.279. The van der Waals surface area contributed by atoms with Crippen LogP contribution in [0.25, 0.3) is 0 Å². The van der Waals surface area contributed by atoms with Crippen molar-refractivity contribution in [3.8, 4) is 0 Å². The number of hydrogen-bond donors (Lipinski definition) is 2. The first kappa shape index (κ1) is 20.9. The lowest BCUT2D eigenvalue weighted by molar-refractivity contribution is -0.132. The van der Waals surface area contributed by atoms with Crippen LogP contribution >= 0.6 is 0 Å². The molecule has 0 unspecified atom stereocenters. The van der Waals surface area contributed by atoms with Crippen molar-refractivity contribution < 1.29 is 19.1 Å². The molecule has 2 N–H and O–H groups in total. The Bertz CT molecular complexity index is 659. The van der Waals surface area contributed by atoms with Crippen LogP contribution in [0, 0.1) is 0 Å². The number of benzene rings is 1. The van der Waals surface area contributed by atoms with Gasteiger partial charge in [-0.3, -0.25) is 14.4 Å². The van der Waals surface area contributed by atoms with Crippen LogP contribution in [0.5, 0.6) is 0 Å². The van der Waals surface area contributed by atoms with Gasteiger partial charge in [0.05, 0.1) is 6.61 Å². The molecule has 0 bridgehead atoms. The number of carbonyl (C=O) groups excluding carboxylic acids is 3. The summed E-state index contributed by atoms with van der Waals surface area (Å²) in [5.74, 6) is -0.330. The maximum absolute atomic E-state index is 12.9. The van der Waals surface area contributed by atoms with E-state index in [1.807, 2.05) is 4.90 Å². The maximum Gasteiger partial charge on any atom is 0.254 e. The van der Waals surface area contributed by atoms with Crippen LogP contribution in [0.4, 0.5) is 5.69 Å². The smallest absolute Gasteiger partial charge is 0.254 e. The Morgan fingerprint density at radius 3 is 2.63 bits per heavy atom. The van der Waals surface area contributed by atoms with E-state index in [2.05, 4.69) is 10.6 Å². The molecule has 1 aromatic rings. The van der Waals surface area contributed by atoms with Gasteiger partial charge in [-0.2, -0.15) is 0 Å². The Kier molecular flexibility index (Phi) is 8.22. The first-order chi connectivity index (χ1) is 13.0. The van der Waals surface area contributed by atoms with E-state index in [4.69, 9.17) is 4.74 Å². The molecule has 0 aromatic heterocycles. The molecule has 1 aromatic carbocycles. The van der Waals surface area contributed by atoms with Crippen LogP contribution < -0.4 is 10.6 Å². The first-order valence-corrected chi connectivity index (χ1v) is 9.15. The highest BCUT2D eigenvalue weighted by atomic mass is 16.5. The van der Waals surface area contributed by atoms with E-state index < -0.39 is 0 Å². The molecule has 1 saturated heterocycles. The minimum absolute atomic E-state index is 0.0544. The van der Waals surface area contributed by atoms with Crippen molar-refractivity contribution in [3.63, 3.8) is 0 Å². The molecule has 1 fully saturated rings. The number of amides is 3. The molecule has 0 spiro atoms. The fourth-order valence-corrected chi connectivity index (χ4v) is 2.94. The summed E-state index contributed by atoms with van der Waals surface area (Å²) in [4.78, 5) is 40.0. The third kappa shape index (κ3) is 6.65. The predicted octanol–water partition coefficient (Wildman–Crippen LogP) is 0.556. The Balaban J connectivity index is 2.02. The summed E-state index contributed by atoms with van der Waals surface area (Å²) in [6, 6.07) is 6.79. The van der Waals surface area contributed by atoms with Crippen molar-refractivity contribution in [3.05, 3.63) is 29.8 Å². The van der Waals surface area contributed by atoms with Crippen molar-refractivity contribution in [2.45, 2.75) is 13.3 Å². The van der Waals surface area contributed by atoms with Crippen LogP contribution in [-0.2, 0) is 14.3 Å². The number of methoxy groups -OCH3 is 1. The van der Waals surface area contributed by atoms with E-state index in [-0.39, 0.29) is 24.1 Å². The zero-order valence-electron chi connectivity index (χ0n) is 16.0. The van der Waals surface area contributed by atoms with Crippen molar-refractivity contribution in [2.75, 3.05) is 58.3 Å². The van der Waals surface area contributed by atoms with Crippen LogP contribution in [0.3, 0.4) is 0 Å². The molecular formula is C19H28N4O4. The third-order valence-electron chi connectivity index (χ3n) is 4.35. The van der Waals surface area contributed by atoms with Gasteiger partial charge in [0.25, 0.3) is 5.91 Å². The normalized spacial score (nSPS) is 13.9. The zero-order chi connectivity index (χ0) is 19.6. The summed E-state index contributed by atoms with van der Waals surface area (Å²) in [5, 5.41) is 5.89. The summed E-state index contributed by atoms with van der Waals surface area (Å²) < 4.78 is 5.10. The summed E-state index contributed by atoms with van der Waals surface area (Å²) in [7, 11) is 1.58. The number of nitrogens with one attached hydrogen (secondary N) is 2. The second-order valence-electron chi connectivity index (χ2n) is 6.43. The highest BCUT2D eigenvalue weighted by Gasteiger charge is 2.20. The van der Waals surface area contributed by atoms with Gasteiger partial charge in [0.1, 0.15) is 0 Å². The standard InChI is InChI=1S/C19H28N4O4/c1-15(24)21-17-5-3-4-16(14-17)19(26)23(12-13-27-2)9-6-18(25)22-10-7-20-8-11-22/h3-5,14,20H,6-13H2,1-2H3,(H,21,24). The van der Waals surface area contributed by atoms with Crippen molar-refractivity contribution in [1.29, 1.82) is 0 Å². The van der Waals surface area contributed by atoms with Crippen molar-refractivity contribution in [2.24, 2.45) is 0 Å². The van der Waals surface area contributed by atoms with Crippen LogP contribution in [0.2, 0.25) is 0 Å². The zero-order valence-corrected chi connectivity index (χ0v) is 16.0. The lowest BCUT2D eigenvalue weighted by atomic mass is 10.1. The Hall–Kier alpha value is -2.45. The number of nitrogens with zero attached hydrogens (tertiary/aromatic N) is 2. The molecule has 2 rings (SSSR count). The summed E-state index contributed by atoms with van der Waals surface area (Å²) in [5.41, 5.74) is 1.03. The second-order valence-corrected chi connectivity index (χ2v) is 6.43. The molecule has 0 aliphatic carbocycles. The van der Waals surface area contributed by atoms with Gasteiger partial charge in [-0.25, -0.2) is 0 Å². The van der Waals surface area contributed by atoms with Gasteiger partial charge in [0.2, 0.25) is 11.8 Å². The molecular weight excluding hydrogens is 348 g/mol. The minimum Gasteiger partial charge on any atom is -0.383 e. The van der Waals surface area contributed by atoms with Crippen molar-refractivity contribution >= 4 is 23.4 Å². The van der Waals surface area contributed by atoms with E-state index in [0.29, 0.717) is 44.0 Å². The van der Waals surface area contributed by atoms with Crippen molar-refractivity contribution in [1.82, 2.24) is 15.1 Å². The van der Waals surface area contributed by atoms with E-state index in [1.54, 1.807) is 36.3 Å². The molecule has 27 heavy (non-hydrogen) atoms. The van der Waals surface area contributed by atoms with E-state index in [0.717, 1.165) is 13.1 Å². The quantitative estimate of drug-likeness (QED) is 0.692. The lowest BCUT2D eigenvalue weighted by Crippen LogP contribution is -2.47. The molecule has 8 heteroatoms. The Morgan fingerprint density at radius 2 is 1.96 bits per heavy atom. The fourth-order valence-electron chi connectivity index (χ4n) is 2.94. The van der Waals surface area contributed by atoms with E-state index in [1.165, 1.54) is 6.92 Å². The molecule has 0 radical (unpaired) electrons. The maximum atomic E-state index is 12.9. The fraction of sp³-hybridized carbons (Fsp3) is 0.526. The van der Waals surface area contributed by atoms with Crippen LogP contribution in [0.1, 0.15) is 23.7 Å². The number of anilines is 1. The largest absolute Gasteiger partial charge is 0.383 e. The average molecular weight is 376 g/mol. The molecule has 0 atom stereocenters. The topological polar surface area (TPSA) is 91.0 Å². The van der Waals surface area contributed by atoms with E-state index in [9.17, 15) is 14.4 Å². The highest BCUT2D eigenvalue weighted by Crippen LogP contribution is 2.13.